The van der Waals surface area contributed by atoms with Gasteiger partial charge in [0.25, 0.3) is 5.92 Å². The highest BCUT2D eigenvalue weighted by Crippen LogP contribution is 2.39. The van der Waals surface area contributed by atoms with Gasteiger partial charge in [0.1, 0.15) is 6.04 Å². The summed E-state index contributed by atoms with van der Waals surface area (Å²) in [5.41, 5.74) is 1.30. The number of likely N-dealkylation sites (tertiary alicyclic amines) is 2. The fraction of sp³-hybridized carbons (Fsp3) is 0.606. The van der Waals surface area contributed by atoms with Crippen molar-refractivity contribution in [2.75, 3.05) is 32.7 Å². The van der Waals surface area contributed by atoms with Gasteiger partial charge in [-0.2, -0.15) is 13.2 Å². The lowest BCUT2D eigenvalue weighted by molar-refractivity contribution is -0.147. The van der Waals surface area contributed by atoms with Crippen molar-refractivity contribution in [3.8, 4) is 0 Å². The summed E-state index contributed by atoms with van der Waals surface area (Å²) in [7, 11) is 0. The van der Waals surface area contributed by atoms with Crippen molar-refractivity contribution in [1.29, 1.82) is 0 Å². The maximum Gasteiger partial charge on any atom is 0.416 e. The Hall–Kier alpha value is -2.52. The van der Waals surface area contributed by atoms with Gasteiger partial charge < -0.3 is 10.0 Å². The molecule has 3 unspecified atom stereocenters. The van der Waals surface area contributed by atoms with Crippen molar-refractivity contribution in [3.05, 3.63) is 70.8 Å². The van der Waals surface area contributed by atoms with Gasteiger partial charge in [0, 0.05) is 38.4 Å². The Bertz CT molecular complexity index is 1200. The zero-order valence-electron chi connectivity index (χ0n) is 24.9. The van der Waals surface area contributed by atoms with Crippen LogP contribution in [0.25, 0.3) is 0 Å². The average Bonchev–Trinajstić information content (AvgIpc) is 3.26. The van der Waals surface area contributed by atoms with E-state index in [1.54, 1.807) is 0 Å². The molecule has 2 fully saturated rings. The van der Waals surface area contributed by atoms with Gasteiger partial charge in [-0.05, 0) is 73.4 Å². The number of alkyl halides is 5. The molecule has 2 aromatic rings. The van der Waals surface area contributed by atoms with Gasteiger partial charge in [0.2, 0.25) is 0 Å². The molecule has 0 aromatic heterocycles. The molecule has 0 spiro atoms. The van der Waals surface area contributed by atoms with Crippen LogP contribution in [-0.4, -0.2) is 65.6 Å². The van der Waals surface area contributed by atoms with E-state index in [9.17, 15) is 31.9 Å². The molecule has 0 amide bonds. The molecule has 2 saturated heterocycles. The van der Waals surface area contributed by atoms with Gasteiger partial charge in [-0.1, -0.05) is 62.7 Å². The van der Waals surface area contributed by atoms with E-state index in [1.165, 1.54) is 5.56 Å². The molecule has 0 radical (unpaired) electrons. The Morgan fingerprint density at radius 3 is 2.17 bits per heavy atom. The van der Waals surface area contributed by atoms with Crippen LogP contribution in [0.2, 0.25) is 0 Å². The maximum absolute atomic E-state index is 14.9. The van der Waals surface area contributed by atoms with Crippen molar-refractivity contribution < 1.29 is 31.9 Å². The van der Waals surface area contributed by atoms with Gasteiger partial charge in [-0.3, -0.25) is 9.69 Å². The zero-order chi connectivity index (χ0) is 30.9. The fourth-order valence-corrected chi connectivity index (χ4v) is 6.96. The molecule has 1 N–H and O–H groups in total. The number of hydrogen-bond donors (Lipinski definition) is 1. The predicted octanol–water partition coefficient (Wildman–Crippen LogP) is 7.51. The summed E-state index contributed by atoms with van der Waals surface area (Å²) in [5.74, 6) is -3.57. The highest BCUT2D eigenvalue weighted by molar-refractivity contribution is 5.74. The number of hydrogen-bond acceptors (Lipinski definition) is 3. The van der Waals surface area contributed by atoms with Crippen molar-refractivity contribution in [1.82, 2.24) is 9.80 Å². The third-order valence-electron chi connectivity index (χ3n) is 8.89. The third-order valence-corrected chi connectivity index (χ3v) is 8.89. The normalized spacial score (nSPS) is 22.4. The van der Waals surface area contributed by atoms with Crippen LogP contribution in [0.1, 0.15) is 68.2 Å². The Balaban J connectivity index is 1.37. The zero-order valence-corrected chi connectivity index (χ0v) is 24.9. The smallest absolute Gasteiger partial charge is 0.416 e. The molecule has 0 aliphatic carbocycles. The van der Waals surface area contributed by atoms with E-state index in [2.05, 4.69) is 34.9 Å². The van der Waals surface area contributed by atoms with Crippen LogP contribution in [0, 0.1) is 24.2 Å². The Labute approximate surface area is 245 Å². The summed E-state index contributed by atoms with van der Waals surface area (Å²) in [4.78, 5) is 16.7. The second kappa shape index (κ2) is 12.6. The predicted molar refractivity (Wildman–Crippen MR) is 154 cm³/mol. The van der Waals surface area contributed by atoms with Gasteiger partial charge in [0.05, 0.1) is 5.56 Å². The molecule has 4 rings (SSSR count). The molecule has 0 saturated carbocycles. The van der Waals surface area contributed by atoms with Gasteiger partial charge in [-0.15, -0.1) is 0 Å². The molecule has 3 atom stereocenters. The molecule has 2 aliphatic rings. The summed E-state index contributed by atoms with van der Waals surface area (Å²) in [6, 6.07) is 11.8. The first-order valence-corrected chi connectivity index (χ1v) is 14.8. The van der Waals surface area contributed by atoms with Gasteiger partial charge in [-0.25, -0.2) is 8.78 Å². The number of carboxylic acids is 1. The standard InChI is InChI=1S/C33H43F5N2O2/c1-22-6-5-7-25(16-22)28-21-40(29(30(41)42)31(2,3)4)20-26(28)19-39-14-12-24(13-15-39)18-32(34,35)17-23-8-10-27(11-9-23)33(36,37)38/h5-11,16,24,26,28-29H,12-15,17-21H2,1-4H3,(H,41,42). The average molecular weight is 595 g/mol. The van der Waals surface area contributed by atoms with E-state index >= 15 is 0 Å². The van der Waals surface area contributed by atoms with E-state index in [1.807, 2.05) is 26.8 Å². The molecular formula is C33H43F5N2O2. The van der Waals surface area contributed by atoms with Crippen molar-refractivity contribution >= 4 is 5.97 Å². The molecule has 2 aliphatic heterocycles. The fourth-order valence-electron chi connectivity index (χ4n) is 6.96. The van der Waals surface area contributed by atoms with E-state index < -0.39 is 41.5 Å². The molecule has 4 nitrogen and oxygen atoms in total. The van der Waals surface area contributed by atoms with Crippen LogP contribution < -0.4 is 0 Å². The second-order valence-corrected chi connectivity index (χ2v) is 13.5. The van der Waals surface area contributed by atoms with Crippen LogP contribution in [0.3, 0.4) is 0 Å². The molecule has 42 heavy (non-hydrogen) atoms. The van der Waals surface area contributed by atoms with Gasteiger partial charge >= 0.3 is 12.1 Å². The minimum Gasteiger partial charge on any atom is -0.480 e. The first-order chi connectivity index (χ1) is 19.5. The van der Waals surface area contributed by atoms with Crippen LogP contribution in [0.15, 0.2) is 48.5 Å². The van der Waals surface area contributed by atoms with Crippen LogP contribution in [0.4, 0.5) is 22.0 Å². The number of aliphatic carboxylic acids is 1. The number of rotatable bonds is 9. The van der Waals surface area contributed by atoms with E-state index in [-0.39, 0.29) is 29.7 Å². The first-order valence-electron chi connectivity index (χ1n) is 14.8. The van der Waals surface area contributed by atoms with Gasteiger partial charge in [0.15, 0.2) is 0 Å². The molecule has 9 heteroatoms. The molecule has 2 heterocycles. The summed E-state index contributed by atoms with van der Waals surface area (Å²) < 4.78 is 68.2. The van der Waals surface area contributed by atoms with E-state index in [0.717, 1.165) is 36.4 Å². The Morgan fingerprint density at radius 2 is 1.62 bits per heavy atom. The van der Waals surface area contributed by atoms with Crippen LogP contribution >= 0.6 is 0 Å². The minimum atomic E-state index is -4.49. The van der Waals surface area contributed by atoms with Crippen LogP contribution in [-0.2, 0) is 17.4 Å². The largest absolute Gasteiger partial charge is 0.480 e. The molecule has 0 bridgehead atoms. The highest BCUT2D eigenvalue weighted by Gasteiger charge is 2.45. The summed E-state index contributed by atoms with van der Waals surface area (Å²) in [6.07, 6.45) is -4.07. The number of piperidine rings is 1. The number of carboxylic acid groups (broad SMARTS) is 1. The number of aryl methyl sites for hydroxylation is 1. The lowest BCUT2D eigenvalue weighted by Crippen LogP contribution is -2.48. The van der Waals surface area contributed by atoms with E-state index in [0.29, 0.717) is 39.0 Å². The lowest BCUT2D eigenvalue weighted by atomic mass is 9.85. The number of nitrogens with zero attached hydrogens (tertiary/aromatic N) is 2. The third kappa shape index (κ3) is 8.31. The molecule has 232 valence electrons. The quantitative estimate of drug-likeness (QED) is 0.305. The second-order valence-electron chi connectivity index (χ2n) is 13.5. The minimum absolute atomic E-state index is 0.157. The van der Waals surface area contributed by atoms with Crippen LogP contribution in [0.5, 0.6) is 0 Å². The topological polar surface area (TPSA) is 43.8 Å². The number of carbonyl (C=O) groups is 1. The highest BCUT2D eigenvalue weighted by atomic mass is 19.4. The molecule has 2 aromatic carbocycles. The number of halogens is 5. The monoisotopic (exact) mass is 594 g/mol. The number of benzene rings is 2. The summed E-state index contributed by atoms with van der Waals surface area (Å²) >= 11 is 0. The first kappa shape index (κ1) is 32.4. The maximum atomic E-state index is 14.9. The molecular weight excluding hydrogens is 551 g/mol. The lowest BCUT2D eigenvalue weighted by Gasteiger charge is -2.36. The van der Waals surface area contributed by atoms with Crippen molar-refractivity contribution in [3.63, 3.8) is 0 Å². The van der Waals surface area contributed by atoms with Crippen molar-refractivity contribution in [2.24, 2.45) is 17.3 Å². The summed E-state index contributed by atoms with van der Waals surface area (Å²) in [5, 5.41) is 10.1. The Kier molecular flexibility index (Phi) is 9.72. The van der Waals surface area contributed by atoms with Crippen molar-refractivity contribution in [2.45, 2.75) is 77.4 Å². The Morgan fingerprint density at radius 1 is 0.976 bits per heavy atom. The summed E-state index contributed by atoms with van der Waals surface area (Å²) in [6.45, 7) is 11.4. The van der Waals surface area contributed by atoms with E-state index in [4.69, 9.17) is 0 Å². The SMILES string of the molecule is Cc1cccc(C2CN(C(C(=O)O)C(C)(C)C)CC2CN2CCC(CC(F)(F)Cc3ccc(C(F)(F)F)cc3)CC2)c1.